The fourth-order valence-electron chi connectivity index (χ4n) is 1.55. The van der Waals surface area contributed by atoms with Crippen molar-refractivity contribution in [2.45, 2.75) is 25.0 Å². The van der Waals surface area contributed by atoms with Crippen LogP contribution in [0.5, 0.6) is 5.75 Å². The lowest BCUT2D eigenvalue weighted by molar-refractivity contribution is -0.0404. The van der Waals surface area contributed by atoms with Gasteiger partial charge in [0, 0.05) is 18.9 Å². The quantitative estimate of drug-likeness (QED) is 0.825. The average Bonchev–Trinajstić information content (AvgIpc) is 2.29. The molecule has 1 N–H and O–H groups in total. The average molecular weight is 288 g/mol. The van der Waals surface area contributed by atoms with Gasteiger partial charge in [-0.25, -0.2) is 13.2 Å². The van der Waals surface area contributed by atoms with Crippen molar-refractivity contribution >= 4 is 15.8 Å². The Morgan fingerprint density at radius 1 is 1.37 bits per heavy atom. The third kappa shape index (κ3) is 3.45. The smallest absolute Gasteiger partial charge is 0.336 e. The Morgan fingerprint density at radius 3 is 2.37 bits per heavy atom. The first-order chi connectivity index (χ1) is 8.68. The summed E-state index contributed by atoms with van der Waals surface area (Å²) in [5, 5.41) is 9.04. The normalized spacial score (nSPS) is 13.1. The molecule has 0 aliphatic rings. The first kappa shape index (κ1) is 15.5. The fraction of sp³-hybridized carbons (Fsp3) is 0.417. The molecule has 1 aromatic rings. The molecule has 7 heteroatoms. The van der Waals surface area contributed by atoms with Crippen LogP contribution in [-0.2, 0) is 14.6 Å². The molecule has 0 aliphatic carbocycles. The highest BCUT2D eigenvalue weighted by Gasteiger charge is 2.22. The highest BCUT2D eigenvalue weighted by Crippen LogP contribution is 2.31. The van der Waals surface area contributed by atoms with Crippen molar-refractivity contribution in [3.63, 3.8) is 0 Å². The van der Waals surface area contributed by atoms with Gasteiger partial charge in [-0.3, -0.25) is 0 Å². The van der Waals surface area contributed by atoms with E-state index in [1.807, 2.05) is 0 Å². The molecule has 0 aliphatic heterocycles. The van der Waals surface area contributed by atoms with Gasteiger partial charge < -0.3 is 14.6 Å². The number of rotatable bonds is 5. The Hall–Kier alpha value is -1.60. The van der Waals surface area contributed by atoms with E-state index in [0.29, 0.717) is 0 Å². The zero-order valence-corrected chi connectivity index (χ0v) is 11.9. The molecule has 0 aromatic heterocycles. The lowest BCUT2D eigenvalue weighted by Crippen LogP contribution is -2.17. The number of hydrogen-bond donors (Lipinski definition) is 1. The van der Waals surface area contributed by atoms with E-state index >= 15 is 0 Å². The van der Waals surface area contributed by atoms with Gasteiger partial charge in [-0.1, -0.05) is 0 Å². The van der Waals surface area contributed by atoms with Crippen LogP contribution in [0.1, 0.15) is 22.8 Å². The van der Waals surface area contributed by atoms with Gasteiger partial charge in [-0.2, -0.15) is 0 Å². The molecule has 0 saturated carbocycles. The van der Waals surface area contributed by atoms with Gasteiger partial charge in [-0.15, -0.1) is 0 Å². The predicted octanol–water partition coefficient (Wildman–Crippen LogP) is 1.47. The van der Waals surface area contributed by atoms with E-state index in [9.17, 15) is 13.2 Å². The van der Waals surface area contributed by atoms with Crippen molar-refractivity contribution < 1.29 is 27.8 Å². The number of carboxylic acids is 1. The molecular weight excluding hydrogens is 272 g/mol. The van der Waals surface area contributed by atoms with Crippen molar-refractivity contribution in [2.75, 3.05) is 13.4 Å². The van der Waals surface area contributed by atoms with E-state index in [1.54, 1.807) is 6.92 Å². The number of benzene rings is 1. The summed E-state index contributed by atoms with van der Waals surface area (Å²) < 4.78 is 33.7. The van der Waals surface area contributed by atoms with E-state index < -0.39 is 22.1 Å². The molecule has 0 heterocycles. The molecular formula is C12H16O6S. The van der Waals surface area contributed by atoms with Crippen LogP contribution in [0.4, 0.5) is 0 Å². The van der Waals surface area contributed by atoms with Crippen molar-refractivity contribution in [1.29, 1.82) is 0 Å². The zero-order valence-electron chi connectivity index (χ0n) is 11.1. The number of carbonyl (C=O) groups is 1. The highest BCUT2D eigenvalue weighted by atomic mass is 32.2. The molecule has 6 nitrogen and oxygen atoms in total. The van der Waals surface area contributed by atoms with E-state index in [4.69, 9.17) is 14.6 Å². The zero-order chi connectivity index (χ0) is 14.8. The van der Waals surface area contributed by atoms with E-state index in [1.165, 1.54) is 26.2 Å². The molecule has 0 spiro atoms. The van der Waals surface area contributed by atoms with Gasteiger partial charge in [0.05, 0.1) is 5.56 Å². The molecule has 0 saturated heterocycles. The summed E-state index contributed by atoms with van der Waals surface area (Å²) in [6.07, 6.45) is 0.343. The fourth-order valence-corrected chi connectivity index (χ4v) is 2.40. The molecule has 1 aromatic carbocycles. The van der Waals surface area contributed by atoms with Crippen LogP contribution < -0.4 is 4.74 Å². The Morgan fingerprint density at radius 2 is 1.95 bits per heavy atom. The first-order valence-corrected chi connectivity index (χ1v) is 7.34. The largest absolute Gasteiger partial charge is 0.478 e. The third-order valence-corrected chi connectivity index (χ3v) is 3.74. The number of carboxylic acid groups (broad SMARTS) is 1. The number of sulfone groups is 1. The van der Waals surface area contributed by atoms with Gasteiger partial charge in [0.2, 0.25) is 0 Å². The summed E-state index contributed by atoms with van der Waals surface area (Å²) in [7, 11) is -2.12. The minimum atomic E-state index is -3.53. The van der Waals surface area contributed by atoms with Gasteiger partial charge in [0.25, 0.3) is 0 Å². The van der Waals surface area contributed by atoms with Crippen molar-refractivity contribution in [2.24, 2.45) is 0 Å². The maximum absolute atomic E-state index is 11.7. The summed E-state index contributed by atoms with van der Waals surface area (Å²) in [6, 6.07) is 2.47. The van der Waals surface area contributed by atoms with E-state index in [-0.39, 0.29) is 21.8 Å². The molecule has 1 unspecified atom stereocenters. The van der Waals surface area contributed by atoms with Crippen LogP contribution >= 0.6 is 0 Å². The Labute approximate surface area is 111 Å². The van der Waals surface area contributed by atoms with Crippen LogP contribution in [-0.4, -0.2) is 39.1 Å². The minimum Gasteiger partial charge on any atom is -0.478 e. The number of ether oxygens (including phenoxy) is 2. The Balaban J connectivity index is 3.51. The second-order valence-electron chi connectivity index (χ2n) is 4.06. The molecule has 0 radical (unpaired) electrons. The number of hydrogen-bond acceptors (Lipinski definition) is 5. The lowest BCUT2D eigenvalue weighted by Gasteiger charge is -2.18. The van der Waals surface area contributed by atoms with Crippen LogP contribution in [0.15, 0.2) is 17.0 Å². The molecule has 106 valence electrons. The van der Waals surface area contributed by atoms with Crippen LogP contribution in [0, 0.1) is 6.92 Å². The van der Waals surface area contributed by atoms with Crippen molar-refractivity contribution in [3.05, 3.63) is 23.3 Å². The molecule has 0 fully saturated rings. The van der Waals surface area contributed by atoms with Crippen LogP contribution in [0.2, 0.25) is 0 Å². The standard InChI is InChI=1S/C12H16O6S/c1-7-9(12(13)14)5-6-10(19(4,15)16)11(7)18-8(2)17-3/h5-6,8H,1-4H3,(H,13,14). The Bertz CT molecular complexity index is 590. The summed E-state index contributed by atoms with van der Waals surface area (Å²) in [4.78, 5) is 11.0. The predicted molar refractivity (Wildman–Crippen MR) is 68.3 cm³/mol. The van der Waals surface area contributed by atoms with Gasteiger partial charge >= 0.3 is 5.97 Å². The summed E-state index contributed by atoms with van der Waals surface area (Å²) >= 11 is 0. The van der Waals surface area contributed by atoms with Crippen LogP contribution in [0.3, 0.4) is 0 Å². The molecule has 1 atom stereocenters. The van der Waals surface area contributed by atoms with Crippen molar-refractivity contribution in [3.8, 4) is 5.75 Å². The lowest BCUT2D eigenvalue weighted by atomic mass is 10.1. The SMILES string of the molecule is COC(C)Oc1c(S(C)(=O)=O)ccc(C(=O)O)c1C. The van der Waals surface area contributed by atoms with E-state index in [2.05, 4.69) is 0 Å². The maximum Gasteiger partial charge on any atom is 0.336 e. The number of methoxy groups -OCH3 is 1. The summed E-state index contributed by atoms with van der Waals surface area (Å²) in [5.41, 5.74) is 0.241. The summed E-state index contributed by atoms with van der Waals surface area (Å²) in [5.74, 6) is -1.13. The topological polar surface area (TPSA) is 89.9 Å². The van der Waals surface area contributed by atoms with E-state index in [0.717, 1.165) is 6.26 Å². The molecule has 1 rings (SSSR count). The van der Waals surface area contributed by atoms with Crippen molar-refractivity contribution in [1.82, 2.24) is 0 Å². The van der Waals surface area contributed by atoms with Gasteiger partial charge in [-0.05, 0) is 26.0 Å². The highest BCUT2D eigenvalue weighted by molar-refractivity contribution is 7.90. The minimum absolute atomic E-state index is 0.00861. The monoisotopic (exact) mass is 288 g/mol. The maximum atomic E-state index is 11.7. The summed E-state index contributed by atoms with van der Waals surface area (Å²) in [6.45, 7) is 3.08. The number of aromatic carboxylic acids is 1. The Kier molecular flexibility index (Phi) is 4.54. The van der Waals surface area contributed by atoms with Crippen LogP contribution in [0.25, 0.3) is 0 Å². The molecule has 0 bridgehead atoms. The van der Waals surface area contributed by atoms with Gasteiger partial charge in [0.15, 0.2) is 16.1 Å². The third-order valence-electron chi connectivity index (χ3n) is 2.62. The van der Waals surface area contributed by atoms with Gasteiger partial charge in [0.1, 0.15) is 10.6 Å². The second kappa shape index (κ2) is 5.58. The molecule has 0 amide bonds. The second-order valence-corrected chi connectivity index (χ2v) is 6.05. The molecule has 19 heavy (non-hydrogen) atoms. The first-order valence-electron chi connectivity index (χ1n) is 5.45.